The number of hydrogen-bond acceptors (Lipinski definition) is 4. The summed E-state index contributed by atoms with van der Waals surface area (Å²) in [5.41, 5.74) is 22.5. The van der Waals surface area contributed by atoms with Crippen molar-refractivity contribution in [2.45, 2.75) is 164 Å². The van der Waals surface area contributed by atoms with E-state index in [0.29, 0.717) is 5.89 Å². The Kier molecular flexibility index (Phi) is 10.6. The van der Waals surface area contributed by atoms with Crippen LogP contribution in [0.2, 0.25) is 0 Å². The lowest BCUT2D eigenvalue weighted by Gasteiger charge is -2.45. The summed E-state index contributed by atoms with van der Waals surface area (Å²) in [6.07, 6.45) is 0. The molecule has 1 aromatic heterocycles. The summed E-state index contributed by atoms with van der Waals surface area (Å²) in [6.45, 7) is 44.0. The van der Waals surface area contributed by atoms with Crippen LogP contribution >= 0.6 is 0 Å². The first-order chi connectivity index (χ1) is 30.9. The van der Waals surface area contributed by atoms with Crippen molar-refractivity contribution in [3.05, 3.63) is 142 Å². The third kappa shape index (κ3) is 8.33. The van der Waals surface area contributed by atoms with Crippen molar-refractivity contribution in [3.63, 3.8) is 0 Å². The molecule has 0 N–H and O–H groups in total. The molecule has 0 amide bonds. The molecule has 6 aromatic carbocycles. The number of benzene rings is 6. The first-order valence-corrected chi connectivity index (χ1v) is 24.6. The summed E-state index contributed by atoms with van der Waals surface area (Å²) < 4.78 is 6.84. The van der Waals surface area contributed by atoms with Crippen molar-refractivity contribution in [1.29, 1.82) is 0 Å². The number of hydrogen-bond donors (Lipinski definition) is 0. The zero-order valence-electron chi connectivity index (χ0n) is 44.1. The van der Waals surface area contributed by atoms with E-state index in [1.165, 1.54) is 78.1 Å². The lowest BCUT2D eigenvalue weighted by molar-refractivity contribution is 0.568. The predicted molar refractivity (Wildman–Crippen MR) is 290 cm³/mol. The molecule has 346 valence electrons. The van der Waals surface area contributed by atoms with Crippen LogP contribution < -0.4 is 26.2 Å². The molecular weight excluding hydrogens is 814 g/mol. The normalized spacial score (nSPS) is 14.4. The first kappa shape index (κ1) is 46.6. The summed E-state index contributed by atoms with van der Waals surface area (Å²) in [6, 6.07) is 40.2. The molecule has 2 aliphatic rings. The molecule has 0 atom stereocenters. The quantitative estimate of drug-likeness (QED) is 0.166. The van der Waals surface area contributed by atoms with E-state index in [4.69, 9.17) is 9.40 Å². The van der Waals surface area contributed by atoms with Gasteiger partial charge in [0.05, 0.1) is 0 Å². The molecule has 67 heavy (non-hydrogen) atoms. The number of fused-ring (bicyclic) bond motifs is 5. The third-order valence-corrected chi connectivity index (χ3v) is 14.4. The number of rotatable bonds is 3. The van der Waals surface area contributed by atoms with Gasteiger partial charge in [-0.25, -0.2) is 4.98 Å². The molecular formula is C62H74BN3O. The fourth-order valence-electron chi connectivity index (χ4n) is 10.0. The van der Waals surface area contributed by atoms with E-state index in [-0.39, 0.29) is 39.2 Å². The van der Waals surface area contributed by atoms with E-state index in [1.54, 1.807) is 0 Å². The second-order valence-corrected chi connectivity index (χ2v) is 26.1. The monoisotopic (exact) mass is 888 g/mol. The molecule has 9 rings (SSSR count). The maximum atomic E-state index is 6.84. The van der Waals surface area contributed by atoms with Gasteiger partial charge in [0.1, 0.15) is 5.52 Å². The van der Waals surface area contributed by atoms with Gasteiger partial charge in [-0.1, -0.05) is 161 Å². The lowest BCUT2D eigenvalue weighted by atomic mass is 9.33. The maximum Gasteiger partial charge on any atom is 0.252 e. The van der Waals surface area contributed by atoms with E-state index in [2.05, 4.69) is 244 Å². The summed E-state index contributed by atoms with van der Waals surface area (Å²) in [7, 11) is 0. The molecule has 2 aliphatic heterocycles. The van der Waals surface area contributed by atoms with Crippen molar-refractivity contribution in [2.24, 2.45) is 0 Å². The van der Waals surface area contributed by atoms with Crippen LogP contribution in [0.5, 0.6) is 0 Å². The molecule has 0 unspecified atom stereocenters. The Morgan fingerprint density at radius 1 is 0.403 bits per heavy atom. The minimum atomic E-state index is -0.0720. The van der Waals surface area contributed by atoms with E-state index in [9.17, 15) is 0 Å². The van der Waals surface area contributed by atoms with Crippen LogP contribution in [-0.4, -0.2) is 11.7 Å². The standard InChI is InChI=1S/C62H74BN3O/c1-37-26-52-55-53(27-37)66(46-32-43(61(14,15)16)29-44(33-46)62(17,18)19)51-36-54-49(64-56(67-54)38-20-22-39(23-21-38)57(2,3)4)35-48(51)63(55)47-34-40(58(5,6)7)24-25-50(47)65(52)45-30-41(59(8,9)10)28-42(31-45)60(11,12)13/h20-36H,1-19H3. The van der Waals surface area contributed by atoms with Gasteiger partial charge in [0.2, 0.25) is 5.89 Å². The summed E-state index contributed by atoms with van der Waals surface area (Å²) in [4.78, 5) is 10.5. The number of aryl methyl sites for hydroxylation is 1. The Labute approximate surface area is 403 Å². The van der Waals surface area contributed by atoms with Crippen molar-refractivity contribution < 1.29 is 4.42 Å². The zero-order chi connectivity index (χ0) is 48.7. The van der Waals surface area contributed by atoms with Crippen LogP contribution in [0.25, 0.3) is 22.6 Å². The van der Waals surface area contributed by atoms with E-state index in [0.717, 1.165) is 28.0 Å². The molecule has 0 bridgehead atoms. The first-order valence-electron chi connectivity index (χ1n) is 24.6. The van der Waals surface area contributed by atoms with Crippen molar-refractivity contribution >= 4 is 68.3 Å². The largest absolute Gasteiger partial charge is 0.436 e. The third-order valence-electron chi connectivity index (χ3n) is 14.4. The number of anilines is 6. The highest BCUT2D eigenvalue weighted by Crippen LogP contribution is 2.48. The van der Waals surface area contributed by atoms with Gasteiger partial charge in [-0.2, -0.15) is 0 Å². The van der Waals surface area contributed by atoms with Crippen LogP contribution in [0.15, 0.2) is 108 Å². The summed E-state index contributed by atoms with van der Waals surface area (Å²) >= 11 is 0. The van der Waals surface area contributed by atoms with Gasteiger partial charge in [0, 0.05) is 45.8 Å². The average Bonchev–Trinajstić information content (AvgIpc) is 3.63. The van der Waals surface area contributed by atoms with Crippen LogP contribution in [-0.2, 0) is 32.5 Å². The Balaban J connectivity index is 1.40. The van der Waals surface area contributed by atoms with E-state index < -0.39 is 0 Å². The second kappa shape index (κ2) is 15.2. The second-order valence-electron chi connectivity index (χ2n) is 26.1. The molecule has 0 radical (unpaired) electrons. The number of oxazole rings is 1. The topological polar surface area (TPSA) is 32.5 Å². The Bertz CT molecular complexity index is 3020. The zero-order valence-corrected chi connectivity index (χ0v) is 44.1. The van der Waals surface area contributed by atoms with Crippen LogP contribution in [0.4, 0.5) is 34.1 Å². The molecule has 7 aromatic rings. The van der Waals surface area contributed by atoms with Crippen LogP contribution in [0.3, 0.4) is 0 Å². The fraction of sp³-hybridized carbons (Fsp3) is 0.403. The average molecular weight is 888 g/mol. The summed E-state index contributed by atoms with van der Waals surface area (Å²) in [5.74, 6) is 0.641. The molecule has 3 heterocycles. The number of nitrogens with zero attached hydrogens (tertiary/aromatic N) is 3. The lowest BCUT2D eigenvalue weighted by Crippen LogP contribution is -2.61. The van der Waals surface area contributed by atoms with Gasteiger partial charge in [0.15, 0.2) is 5.58 Å². The fourth-order valence-corrected chi connectivity index (χ4v) is 10.0. The van der Waals surface area contributed by atoms with Crippen LogP contribution in [0.1, 0.15) is 164 Å². The highest BCUT2D eigenvalue weighted by Gasteiger charge is 2.45. The molecule has 4 nitrogen and oxygen atoms in total. The Morgan fingerprint density at radius 2 is 0.821 bits per heavy atom. The highest BCUT2D eigenvalue weighted by atomic mass is 16.3. The molecule has 0 aliphatic carbocycles. The van der Waals surface area contributed by atoms with Gasteiger partial charge in [0.25, 0.3) is 6.71 Å². The van der Waals surface area contributed by atoms with Crippen molar-refractivity contribution in [3.8, 4) is 11.5 Å². The van der Waals surface area contributed by atoms with Gasteiger partial charge in [-0.15, -0.1) is 0 Å². The van der Waals surface area contributed by atoms with Crippen molar-refractivity contribution in [1.82, 2.24) is 4.98 Å². The molecule has 5 heteroatoms. The molecule has 0 fully saturated rings. The van der Waals surface area contributed by atoms with Gasteiger partial charge >= 0.3 is 0 Å². The van der Waals surface area contributed by atoms with E-state index >= 15 is 0 Å². The maximum absolute atomic E-state index is 6.84. The van der Waals surface area contributed by atoms with E-state index in [1.807, 2.05) is 0 Å². The number of aromatic nitrogens is 1. The van der Waals surface area contributed by atoms with Gasteiger partial charge in [-0.05, 0) is 155 Å². The van der Waals surface area contributed by atoms with Crippen LogP contribution in [0, 0.1) is 6.92 Å². The molecule has 0 saturated heterocycles. The van der Waals surface area contributed by atoms with Crippen molar-refractivity contribution in [2.75, 3.05) is 9.80 Å². The van der Waals surface area contributed by atoms with Gasteiger partial charge in [-0.3, -0.25) is 0 Å². The van der Waals surface area contributed by atoms with Gasteiger partial charge < -0.3 is 14.2 Å². The summed E-state index contributed by atoms with van der Waals surface area (Å²) in [5, 5.41) is 0. The predicted octanol–water partition coefficient (Wildman–Crippen LogP) is 15.7. The Morgan fingerprint density at radius 3 is 1.27 bits per heavy atom. The molecule has 0 saturated carbocycles. The Hall–Kier alpha value is -5.55. The SMILES string of the molecule is Cc1cc2c3c(c1)N(c1cc(C(C)(C)C)cc(C(C)(C)C)c1)c1cc4oc(-c5ccc(C(C)(C)C)cc5)nc4cc1B3c1cc(C(C)(C)C)ccc1N2c1cc(C(C)(C)C)cc(C(C)(C)C)c1. The molecule has 0 spiro atoms. The highest BCUT2D eigenvalue weighted by molar-refractivity contribution is 7.00. The minimum absolute atomic E-state index is 0.0473. The minimum Gasteiger partial charge on any atom is -0.436 e. The smallest absolute Gasteiger partial charge is 0.252 e.